The van der Waals surface area contributed by atoms with E-state index in [1.54, 1.807) is 12.1 Å². The van der Waals surface area contributed by atoms with E-state index in [-0.39, 0.29) is 5.97 Å². The van der Waals surface area contributed by atoms with Crippen molar-refractivity contribution in [2.75, 3.05) is 26.1 Å². The number of hydrogen-bond acceptors (Lipinski definition) is 4. The van der Waals surface area contributed by atoms with Crippen LogP contribution in [0.3, 0.4) is 0 Å². The van der Waals surface area contributed by atoms with Crippen LogP contribution in [0.1, 0.15) is 22.3 Å². The van der Waals surface area contributed by atoms with Crippen molar-refractivity contribution in [2.45, 2.75) is 12.8 Å². The van der Waals surface area contributed by atoms with Gasteiger partial charge in [0.15, 0.2) is 0 Å². The maximum absolute atomic E-state index is 11.4. The molecule has 0 fully saturated rings. The van der Waals surface area contributed by atoms with Crippen molar-refractivity contribution in [3.05, 3.63) is 29.3 Å². The minimum absolute atomic E-state index is 0.353. The zero-order valence-corrected chi connectivity index (χ0v) is 10.4. The Labute approximate surface area is 101 Å². The molecule has 0 aliphatic carbocycles. The highest BCUT2D eigenvalue weighted by Crippen LogP contribution is 2.22. The fraction of sp³-hybridized carbons (Fsp3) is 0.385. The highest BCUT2D eigenvalue weighted by Gasteiger charge is 2.10. The monoisotopic (exact) mass is 232 g/mol. The van der Waals surface area contributed by atoms with Crippen LogP contribution in [0, 0.1) is 11.3 Å². The molecule has 4 nitrogen and oxygen atoms in total. The van der Waals surface area contributed by atoms with Crippen molar-refractivity contribution >= 4 is 11.7 Å². The molecule has 0 saturated carbocycles. The van der Waals surface area contributed by atoms with Gasteiger partial charge in [-0.2, -0.15) is 5.26 Å². The summed E-state index contributed by atoms with van der Waals surface area (Å²) in [7, 11) is 5.23. The number of nitriles is 1. The molecule has 0 aliphatic heterocycles. The Bertz CT molecular complexity index is 447. The van der Waals surface area contributed by atoms with Crippen molar-refractivity contribution in [3.63, 3.8) is 0 Å². The largest absolute Gasteiger partial charge is 0.465 e. The SMILES string of the molecule is COC(=O)c1ccc(N(C)C)c(CCC#N)c1. The van der Waals surface area contributed by atoms with Crippen molar-refractivity contribution in [1.82, 2.24) is 0 Å². The topological polar surface area (TPSA) is 53.3 Å². The van der Waals surface area contributed by atoms with E-state index in [1.165, 1.54) is 7.11 Å². The molecule has 1 aromatic carbocycles. The van der Waals surface area contributed by atoms with Gasteiger partial charge in [-0.3, -0.25) is 0 Å². The molecule has 0 N–H and O–H groups in total. The second kappa shape index (κ2) is 5.90. The Kier molecular flexibility index (Phi) is 4.53. The first-order valence-corrected chi connectivity index (χ1v) is 5.35. The average molecular weight is 232 g/mol. The molecule has 1 aromatic rings. The van der Waals surface area contributed by atoms with E-state index >= 15 is 0 Å². The third-order valence-electron chi connectivity index (χ3n) is 2.49. The van der Waals surface area contributed by atoms with Crippen LogP contribution < -0.4 is 4.90 Å². The first-order chi connectivity index (χ1) is 8.10. The summed E-state index contributed by atoms with van der Waals surface area (Å²) in [4.78, 5) is 13.4. The van der Waals surface area contributed by atoms with Gasteiger partial charge < -0.3 is 9.64 Å². The van der Waals surface area contributed by atoms with Crippen LogP contribution in [0.25, 0.3) is 0 Å². The molecule has 0 aliphatic rings. The summed E-state index contributed by atoms with van der Waals surface area (Å²) in [5.74, 6) is -0.353. The van der Waals surface area contributed by atoms with Gasteiger partial charge >= 0.3 is 5.97 Å². The molecule has 90 valence electrons. The zero-order valence-electron chi connectivity index (χ0n) is 10.4. The van der Waals surface area contributed by atoms with Crippen LogP contribution >= 0.6 is 0 Å². The Morgan fingerprint density at radius 2 is 2.18 bits per heavy atom. The molecule has 0 bridgehead atoms. The van der Waals surface area contributed by atoms with Crippen LogP contribution in [0.15, 0.2) is 18.2 Å². The molecular weight excluding hydrogens is 216 g/mol. The summed E-state index contributed by atoms with van der Waals surface area (Å²) >= 11 is 0. The van der Waals surface area contributed by atoms with Gasteiger partial charge in [0.25, 0.3) is 0 Å². The first kappa shape index (κ1) is 13.0. The summed E-state index contributed by atoms with van der Waals surface area (Å²) in [6, 6.07) is 7.51. The zero-order chi connectivity index (χ0) is 12.8. The average Bonchev–Trinajstić information content (AvgIpc) is 2.34. The summed E-state index contributed by atoms with van der Waals surface area (Å²) in [6.45, 7) is 0. The number of anilines is 1. The molecule has 0 amide bonds. The van der Waals surface area contributed by atoms with Crippen molar-refractivity contribution < 1.29 is 9.53 Å². The number of carbonyl (C=O) groups is 1. The van der Waals surface area contributed by atoms with Crippen molar-refractivity contribution in [3.8, 4) is 6.07 Å². The fourth-order valence-electron chi connectivity index (χ4n) is 1.66. The Morgan fingerprint density at radius 3 is 2.71 bits per heavy atom. The quantitative estimate of drug-likeness (QED) is 0.745. The summed E-state index contributed by atoms with van der Waals surface area (Å²) < 4.78 is 4.68. The molecule has 0 radical (unpaired) electrons. The molecule has 0 spiro atoms. The number of methoxy groups -OCH3 is 1. The van der Waals surface area contributed by atoms with Crippen LogP contribution in [0.5, 0.6) is 0 Å². The number of rotatable bonds is 4. The lowest BCUT2D eigenvalue weighted by molar-refractivity contribution is 0.0600. The minimum atomic E-state index is -0.353. The summed E-state index contributed by atoms with van der Waals surface area (Å²) in [5.41, 5.74) is 2.53. The third-order valence-corrected chi connectivity index (χ3v) is 2.49. The van der Waals surface area contributed by atoms with Gasteiger partial charge in [-0.1, -0.05) is 0 Å². The highest BCUT2D eigenvalue weighted by atomic mass is 16.5. The van der Waals surface area contributed by atoms with Gasteiger partial charge in [0.05, 0.1) is 18.7 Å². The lowest BCUT2D eigenvalue weighted by atomic mass is 10.0. The van der Waals surface area contributed by atoms with Crippen molar-refractivity contribution in [2.24, 2.45) is 0 Å². The molecular formula is C13H16N2O2. The number of ether oxygens (including phenoxy) is 1. The van der Waals surface area contributed by atoms with E-state index in [0.717, 1.165) is 11.3 Å². The molecule has 0 heterocycles. The smallest absolute Gasteiger partial charge is 0.337 e. The van der Waals surface area contributed by atoms with Crippen LogP contribution in [0.2, 0.25) is 0 Å². The Morgan fingerprint density at radius 1 is 1.47 bits per heavy atom. The summed E-state index contributed by atoms with van der Waals surface area (Å²) in [6.07, 6.45) is 1.07. The van der Waals surface area contributed by atoms with Crippen LogP contribution in [0.4, 0.5) is 5.69 Å². The molecule has 0 atom stereocenters. The number of nitrogens with zero attached hydrogens (tertiary/aromatic N) is 2. The first-order valence-electron chi connectivity index (χ1n) is 5.35. The number of hydrogen-bond donors (Lipinski definition) is 0. The van der Waals surface area contributed by atoms with Crippen molar-refractivity contribution in [1.29, 1.82) is 5.26 Å². The van der Waals surface area contributed by atoms with E-state index in [4.69, 9.17) is 5.26 Å². The highest BCUT2D eigenvalue weighted by molar-refractivity contribution is 5.90. The fourth-order valence-corrected chi connectivity index (χ4v) is 1.66. The predicted octanol–water partition coefficient (Wildman–Crippen LogP) is 2.00. The van der Waals surface area contributed by atoms with E-state index in [2.05, 4.69) is 10.8 Å². The van der Waals surface area contributed by atoms with Gasteiger partial charge in [-0.15, -0.1) is 0 Å². The molecule has 1 rings (SSSR count). The van der Waals surface area contributed by atoms with Gasteiger partial charge in [0.1, 0.15) is 0 Å². The second-order valence-electron chi connectivity index (χ2n) is 3.89. The van der Waals surface area contributed by atoms with E-state index in [1.807, 2.05) is 25.1 Å². The predicted molar refractivity (Wildman–Crippen MR) is 66.0 cm³/mol. The van der Waals surface area contributed by atoms with Gasteiger partial charge in [0, 0.05) is 26.2 Å². The van der Waals surface area contributed by atoms with E-state index < -0.39 is 0 Å². The number of carbonyl (C=O) groups excluding carboxylic acids is 1. The molecule has 0 aromatic heterocycles. The standard InChI is InChI=1S/C13H16N2O2/c1-15(2)12-7-6-11(13(16)17-3)9-10(12)5-4-8-14/h6-7,9H,4-5H2,1-3H3. The van der Waals surface area contributed by atoms with E-state index in [9.17, 15) is 4.79 Å². The lowest BCUT2D eigenvalue weighted by Crippen LogP contribution is -2.12. The number of aryl methyl sites for hydroxylation is 1. The third kappa shape index (κ3) is 3.22. The van der Waals surface area contributed by atoms with E-state index in [0.29, 0.717) is 18.4 Å². The van der Waals surface area contributed by atoms with Crippen LogP contribution in [-0.2, 0) is 11.2 Å². The lowest BCUT2D eigenvalue weighted by Gasteiger charge is -2.17. The van der Waals surface area contributed by atoms with Gasteiger partial charge in [-0.05, 0) is 30.2 Å². The second-order valence-corrected chi connectivity index (χ2v) is 3.89. The van der Waals surface area contributed by atoms with Gasteiger partial charge in [0.2, 0.25) is 0 Å². The Hall–Kier alpha value is -2.02. The number of esters is 1. The summed E-state index contributed by atoms with van der Waals surface area (Å²) in [5, 5.41) is 8.63. The molecule has 0 unspecified atom stereocenters. The molecule has 17 heavy (non-hydrogen) atoms. The minimum Gasteiger partial charge on any atom is -0.465 e. The molecule has 0 saturated heterocycles. The van der Waals surface area contributed by atoms with Crippen LogP contribution in [-0.4, -0.2) is 27.2 Å². The normalized spacial score (nSPS) is 9.53. The maximum atomic E-state index is 11.4. The van der Waals surface area contributed by atoms with Gasteiger partial charge in [-0.25, -0.2) is 4.79 Å². The number of benzene rings is 1. The Balaban J connectivity index is 3.10. The maximum Gasteiger partial charge on any atom is 0.337 e. The molecule has 4 heteroatoms.